The molecule has 0 aromatic heterocycles. The van der Waals surface area contributed by atoms with E-state index in [4.69, 9.17) is 9.47 Å². The lowest BCUT2D eigenvalue weighted by Gasteiger charge is -2.20. The number of carbonyl (C=O) groups excluding carboxylic acids is 2. The van der Waals surface area contributed by atoms with Gasteiger partial charge in [-0.05, 0) is 46.0 Å². The molecule has 21 heavy (non-hydrogen) atoms. The first-order valence-corrected chi connectivity index (χ1v) is 6.62. The molecular weight excluding hydrogens is 272 g/mol. The quantitative estimate of drug-likeness (QED) is 0.816. The first-order valence-electron chi connectivity index (χ1n) is 6.62. The second kappa shape index (κ2) is 7.08. The van der Waals surface area contributed by atoms with E-state index in [1.165, 1.54) is 7.11 Å². The van der Waals surface area contributed by atoms with Crippen LogP contribution < -0.4 is 15.4 Å². The van der Waals surface area contributed by atoms with Gasteiger partial charge in [-0.3, -0.25) is 10.1 Å². The number of carbonyl (C=O) groups is 2. The summed E-state index contributed by atoms with van der Waals surface area (Å²) in [5.41, 5.74) is 0.298. The lowest BCUT2D eigenvalue weighted by atomic mass is 10.1. The fraction of sp³-hybridized carbons (Fsp3) is 0.467. The van der Waals surface area contributed by atoms with Gasteiger partial charge in [-0.15, -0.1) is 0 Å². The molecule has 0 saturated carbocycles. The summed E-state index contributed by atoms with van der Waals surface area (Å²) in [6, 6.07) is 4.86. The predicted octanol–water partition coefficient (Wildman–Crippen LogP) is 2.44. The SMILES string of the molecule is CNCC(=O)c1cc(NC(=O)OC(C)(C)C)ccc1OC. The molecule has 0 heterocycles. The monoisotopic (exact) mass is 294 g/mol. The molecule has 0 aliphatic rings. The summed E-state index contributed by atoms with van der Waals surface area (Å²) in [5.74, 6) is 0.340. The van der Waals surface area contributed by atoms with Crippen molar-refractivity contribution >= 4 is 17.6 Å². The summed E-state index contributed by atoms with van der Waals surface area (Å²) in [5, 5.41) is 5.39. The van der Waals surface area contributed by atoms with Crippen molar-refractivity contribution in [2.45, 2.75) is 26.4 Å². The lowest BCUT2D eigenvalue weighted by molar-refractivity contribution is 0.0635. The van der Waals surface area contributed by atoms with Crippen molar-refractivity contribution in [2.75, 3.05) is 26.0 Å². The summed E-state index contributed by atoms with van der Waals surface area (Å²) < 4.78 is 10.3. The highest BCUT2D eigenvalue weighted by molar-refractivity contribution is 6.01. The second-order valence-corrected chi connectivity index (χ2v) is 5.50. The van der Waals surface area contributed by atoms with Crippen LogP contribution in [-0.2, 0) is 4.74 Å². The molecule has 0 atom stereocenters. The number of nitrogens with one attached hydrogen (secondary N) is 2. The van der Waals surface area contributed by atoms with Crippen LogP contribution in [0.5, 0.6) is 5.75 Å². The molecule has 0 bridgehead atoms. The van der Waals surface area contributed by atoms with E-state index in [1.54, 1.807) is 46.0 Å². The number of hydrogen-bond donors (Lipinski definition) is 2. The highest BCUT2D eigenvalue weighted by atomic mass is 16.6. The van der Waals surface area contributed by atoms with Crippen LogP contribution in [0.2, 0.25) is 0 Å². The molecule has 0 radical (unpaired) electrons. The Morgan fingerprint density at radius 1 is 1.24 bits per heavy atom. The molecule has 0 aliphatic carbocycles. The number of likely N-dealkylation sites (N-methyl/N-ethyl adjacent to an activating group) is 1. The number of methoxy groups -OCH3 is 1. The number of anilines is 1. The fourth-order valence-corrected chi connectivity index (χ4v) is 1.68. The summed E-state index contributed by atoms with van der Waals surface area (Å²) in [6.07, 6.45) is -0.570. The fourth-order valence-electron chi connectivity index (χ4n) is 1.68. The van der Waals surface area contributed by atoms with Crippen LogP contribution in [0.1, 0.15) is 31.1 Å². The third-order valence-corrected chi connectivity index (χ3v) is 2.48. The van der Waals surface area contributed by atoms with Crippen molar-refractivity contribution in [3.63, 3.8) is 0 Å². The average molecular weight is 294 g/mol. The summed E-state index contributed by atoms with van der Waals surface area (Å²) >= 11 is 0. The Bertz CT molecular complexity index is 521. The molecular formula is C15H22N2O4. The van der Waals surface area contributed by atoms with Gasteiger partial charge in [0.25, 0.3) is 0 Å². The first kappa shape index (κ1) is 17.0. The minimum atomic E-state index is -0.582. The lowest BCUT2D eigenvalue weighted by Crippen LogP contribution is -2.27. The van der Waals surface area contributed by atoms with Gasteiger partial charge < -0.3 is 14.8 Å². The Hall–Kier alpha value is -2.08. The van der Waals surface area contributed by atoms with E-state index in [2.05, 4.69) is 10.6 Å². The minimum Gasteiger partial charge on any atom is -0.496 e. The topological polar surface area (TPSA) is 76.7 Å². The molecule has 1 aromatic carbocycles. The van der Waals surface area contributed by atoms with E-state index in [9.17, 15) is 9.59 Å². The molecule has 1 amide bonds. The summed E-state index contributed by atoms with van der Waals surface area (Å²) in [6.45, 7) is 5.53. The molecule has 6 nitrogen and oxygen atoms in total. The van der Waals surface area contributed by atoms with Crippen molar-refractivity contribution in [1.29, 1.82) is 0 Å². The summed E-state index contributed by atoms with van der Waals surface area (Å²) in [7, 11) is 3.18. The van der Waals surface area contributed by atoms with Crippen molar-refractivity contribution in [3.8, 4) is 5.75 Å². The van der Waals surface area contributed by atoms with E-state index < -0.39 is 11.7 Å². The maximum absolute atomic E-state index is 12.0. The van der Waals surface area contributed by atoms with E-state index in [-0.39, 0.29) is 12.3 Å². The van der Waals surface area contributed by atoms with Crippen LogP contribution in [0.15, 0.2) is 18.2 Å². The van der Waals surface area contributed by atoms with Crippen LogP contribution in [0, 0.1) is 0 Å². The molecule has 6 heteroatoms. The Kier molecular flexibility index (Phi) is 5.72. The van der Waals surface area contributed by atoms with Crippen molar-refractivity contribution in [3.05, 3.63) is 23.8 Å². The Morgan fingerprint density at radius 2 is 1.90 bits per heavy atom. The van der Waals surface area contributed by atoms with Crippen LogP contribution in [0.4, 0.5) is 10.5 Å². The van der Waals surface area contributed by atoms with E-state index in [0.29, 0.717) is 17.0 Å². The van der Waals surface area contributed by atoms with Gasteiger partial charge in [0.15, 0.2) is 5.78 Å². The van der Waals surface area contributed by atoms with E-state index in [1.807, 2.05) is 0 Å². The number of hydrogen-bond acceptors (Lipinski definition) is 5. The number of ketones is 1. The van der Waals surface area contributed by atoms with Gasteiger partial charge in [0.2, 0.25) is 0 Å². The standard InChI is InChI=1S/C15H22N2O4/c1-15(2,3)21-14(19)17-10-6-7-13(20-5)11(8-10)12(18)9-16-4/h6-8,16H,9H2,1-5H3,(H,17,19). The minimum absolute atomic E-state index is 0.123. The number of Topliss-reactive ketones (excluding diaryl/α,β-unsaturated/α-hetero) is 1. The highest BCUT2D eigenvalue weighted by Gasteiger charge is 2.18. The second-order valence-electron chi connectivity index (χ2n) is 5.50. The first-order chi connectivity index (χ1) is 9.76. The highest BCUT2D eigenvalue weighted by Crippen LogP contribution is 2.23. The molecule has 0 unspecified atom stereocenters. The van der Waals surface area contributed by atoms with E-state index in [0.717, 1.165) is 0 Å². The van der Waals surface area contributed by atoms with Gasteiger partial charge in [0.1, 0.15) is 11.4 Å². The molecule has 2 N–H and O–H groups in total. The third-order valence-electron chi connectivity index (χ3n) is 2.48. The number of rotatable bonds is 5. The maximum atomic E-state index is 12.0. The van der Waals surface area contributed by atoms with Crippen molar-refractivity contribution < 1.29 is 19.1 Å². The average Bonchev–Trinajstić information content (AvgIpc) is 2.36. The Balaban J connectivity index is 2.92. The van der Waals surface area contributed by atoms with Gasteiger partial charge in [0.05, 0.1) is 19.2 Å². The zero-order chi connectivity index (χ0) is 16.0. The molecule has 116 valence electrons. The van der Waals surface area contributed by atoms with Gasteiger partial charge in [0, 0.05) is 5.69 Å². The molecule has 0 spiro atoms. The van der Waals surface area contributed by atoms with Gasteiger partial charge in [-0.1, -0.05) is 0 Å². The number of amides is 1. The van der Waals surface area contributed by atoms with Crippen LogP contribution in [0.25, 0.3) is 0 Å². The largest absolute Gasteiger partial charge is 0.496 e. The zero-order valence-electron chi connectivity index (χ0n) is 13.1. The molecule has 0 aliphatic heterocycles. The zero-order valence-corrected chi connectivity index (χ0v) is 13.1. The third kappa shape index (κ3) is 5.43. The van der Waals surface area contributed by atoms with Crippen LogP contribution in [0.3, 0.4) is 0 Å². The van der Waals surface area contributed by atoms with Gasteiger partial charge >= 0.3 is 6.09 Å². The molecule has 0 saturated heterocycles. The van der Waals surface area contributed by atoms with Gasteiger partial charge in [-0.25, -0.2) is 4.79 Å². The molecule has 1 aromatic rings. The Labute approximate surface area is 124 Å². The summed E-state index contributed by atoms with van der Waals surface area (Å²) in [4.78, 5) is 23.7. The van der Waals surface area contributed by atoms with E-state index >= 15 is 0 Å². The van der Waals surface area contributed by atoms with Crippen LogP contribution in [-0.4, -0.2) is 38.2 Å². The van der Waals surface area contributed by atoms with Crippen molar-refractivity contribution in [1.82, 2.24) is 5.32 Å². The van der Waals surface area contributed by atoms with Crippen LogP contribution >= 0.6 is 0 Å². The van der Waals surface area contributed by atoms with Gasteiger partial charge in [-0.2, -0.15) is 0 Å². The predicted molar refractivity (Wildman–Crippen MR) is 81.1 cm³/mol. The molecule has 1 rings (SSSR count). The number of ether oxygens (including phenoxy) is 2. The maximum Gasteiger partial charge on any atom is 0.412 e. The normalized spacial score (nSPS) is 10.9. The smallest absolute Gasteiger partial charge is 0.412 e. The molecule has 0 fully saturated rings. The Morgan fingerprint density at radius 3 is 2.43 bits per heavy atom. The van der Waals surface area contributed by atoms with Crippen molar-refractivity contribution in [2.24, 2.45) is 0 Å². The number of benzene rings is 1.